The minimum atomic E-state index is -0.0403. The van der Waals surface area contributed by atoms with Crippen LogP contribution in [0.2, 0.25) is 0 Å². The lowest BCUT2D eigenvalue weighted by molar-refractivity contribution is 0.0947. The zero-order chi connectivity index (χ0) is 20.9. The van der Waals surface area contributed by atoms with Crippen molar-refractivity contribution in [1.82, 2.24) is 15.2 Å². The number of hydrogen-bond donors (Lipinski definition) is 1. The fraction of sp³-hybridized carbons (Fsp3) is 0.391. The number of fused-ring (bicyclic) bond motifs is 1. The fourth-order valence-electron chi connectivity index (χ4n) is 3.67. The molecule has 158 valence electrons. The lowest BCUT2D eigenvalue weighted by atomic mass is 10.2. The second kappa shape index (κ2) is 9.45. The highest BCUT2D eigenvalue weighted by Crippen LogP contribution is 2.30. The Morgan fingerprint density at radius 3 is 2.60 bits per heavy atom. The summed E-state index contributed by atoms with van der Waals surface area (Å²) in [6.07, 6.45) is 0. The first-order valence-corrected chi connectivity index (χ1v) is 11.3. The molecule has 0 unspecified atom stereocenters. The van der Waals surface area contributed by atoms with Crippen LogP contribution in [0.15, 0.2) is 42.5 Å². The van der Waals surface area contributed by atoms with Crippen LogP contribution in [0.5, 0.6) is 5.75 Å². The summed E-state index contributed by atoms with van der Waals surface area (Å²) in [4.78, 5) is 21.9. The lowest BCUT2D eigenvalue weighted by Gasteiger charge is -2.34. The lowest BCUT2D eigenvalue weighted by Crippen LogP contribution is -2.48. The van der Waals surface area contributed by atoms with Crippen molar-refractivity contribution in [2.75, 3.05) is 50.8 Å². The number of nitrogens with one attached hydrogen (secondary N) is 1. The minimum Gasteiger partial charge on any atom is -0.494 e. The van der Waals surface area contributed by atoms with Crippen LogP contribution in [0.25, 0.3) is 10.2 Å². The van der Waals surface area contributed by atoms with E-state index < -0.39 is 0 Å². The van der Waals surface area contributed by atoms with E-state index in [9.17, 15) is 4.79 Å². The molecule has 0 radical (unpaired) electrons. The van der Waals surface area contributed by atoms with Crippen LogP contribution in [-0.2, 0) is 0 Å². The number of ether oxygens (including phenoxy) is 1. The SMILES string of the molecule is CCOc1ccc(C(=O)NCCN2CCN(c3nc4c(C)cccc4s3)CC2)cc1. The molecular formula is C23H28N4O2S. The number of aryl methyl sites for hydroxylation is 1. The van der Waals surface area contributed by atoms with Crippen molar-refractivity contribution in [2.45, 2.75) is 13.8 Å². The molecule has 1 fully saturated rings. The van der Waals surface area contributed by atoms with Crippen LogP contribution in [0.3, 0.4) is 0 Å². The average Bonchev–Trinajstić information content (AvgIpc) is 3.21. The van der Waals surface area contributed by atoms with Crippen LogP contribution in [0.1, 0.15) is 22.8 Å². The molecule has 3 aromatic rings. The zero-order valence-corrected chi connectivity index (χ0v) is 18.4. The first kappa shape index (κ1) is 20.6. The summed E-state index contributed by atoms with van der Waals surface area (Å²) in [6.45, 7) is 10.1. The Bertz CT molecular complexity index is 994. The Morgan fingerprint density at radius 1 is 1.13 bits per heavy atom. The third-order valence-corrected chi connectivity index (χ3v) is 6.47. The van der Waals surface area contributed by atoms with Crippen molar-refractivity contribution < 1.29 is 9.53 Å². The van der Waals surface area contributed by atoms with Gasteiger partial charge in [-0.05, 0) is 49.7 Å². The maximum atomic E-state index is 12.3. The molecular weight excluding hydrogens is 396 g/mol. The van der Waals surface area contributed by atoms with Gasteiger partial charge in [0, 0.05) is 44.8 Å². The Balaban J connectivity index is 1.23. The Kier molecular flexibility index (Phi) is 6.50. The van der Waals surface area contributed by atoms with Gasteiger partial charge in [0.15, 0.2) is 5.13 Å². The van der Waals surface area contributed by atoms with E-state index in [1.807, 2.05) is 19.1 Å². The number of carbonyl (C=O) groups is 1. The quantitative estimate of drug-likeness (QED) is 0.629. The molecule has 0 saturated carbocycles. The average molecular weight is 425 g/mol. The molecule has 2 heterocycles. The standard InChI is InChI=1S/C23H28N4O2S/c1-3-29-19-9-7-18(8-10-19)22(28)24-11-12-26-13-15-27(16-14-26)23-25-21-17(2)5-4-6-20(21)30-23/h4-10H,3,11-16H2,1-2H3,(H,24,28). The third kappa shape index (κ3) is 4.74. The fourth-order valence-corrected chi connectivity index (χ4v) is 4.77. The van der Waals surface area contributed by atoms with E-state index in [1.54, 1.807) is 23.5 Å². The van der Waals surface area contributed by atoms with Gasteiger partial charge < -0.3 is 15.0 Å². The predicted molar refractivity (Wildman–Crippen MR) is 123 cm³/mol. The summed E-state index contributed by atoms with van der Waals surface area (Å²) in [6, 6.07) is 13.6. The molecule has 0 aliphatic carbocycles. The van der Waals surface area contributed by atoms with Gasteiger partial charge in [-0.15, -0.1) is 0 Å². The van der Waals surface area contributed by atoms with E-state index in [-0.39, 0.29) is 5.91 Å². The second-order valence-corrected chi connectivity index (χ2v) is 8.47. The number of carbonyl (C=O) groups excluding carboxylic acids is 1. The smallest absolute Gasteiger partial charge is 0.251 e. The number of amides is 1. The Morgan fingerprint density at radius 2 is 1.90 bits per heavy atom. The highest BCUT2D eigenvalue weighted by atomic mass is 32.1. The highest BCUT2D eigenvalue weighted by Gasteiger charge is 2.20. The van der Waals surface area contributed by atoms with Gasteiger partial charge in [0.1, 0.15) is 5.75 Å². The topological polar surface area (TPSA) is 57.7 Å². The number of hydrogen-bond acceptors (Lipinski definition) is 6. The Labute approximate surface area is 181 Å². The predicted octanol–water partition coefficient (Wildman–Crippen LogP) is 3.56. The molecule has 0 atom stereocenters. The van der Waals surface area contributed by atoms with Gasteiger partial charge in [-0.25, -0.2) is 4.98 Å². The van der Waals surface area contributed by atoms with E-state index in [4.69, 9.17) is 9.72 Å². The molecule has 0 spiro atoms. The Hall–Kier alpha value is -2.64. The van der Waals surface area contributed by atoms with Crippen LogP contribution in [0, 0.1) is 6.92 Å². The molecule has 0 bridgehead atoms. The summed E-state index contributed by atoms with van der Waals surface area (Å²) in [7, 11) is 0. The first-order valence-electron chi connectivity index (χ1n) is 10.5. The summed E-state index contributed by atoms with van der Waals surface area (Å²) >= 11 is 1.77. The normalized spacial score (nSPS) is 14.8. The van der Waals surface area contributed by atoms with E-state index >= 15 is 0 Å². The molecule has 1 aliphatic heterocycles. The molecule has 1 aromatic heterocycles. The van der Waals surface area contributed by atoms with Crippen molar-refractivity contribution in [2.24, 2.45) is 0 Å². The van der Waals surface area contributed by atoms with Gasteiger partial charge in [0.05, 0.1) is 16.8 Å². The molecule has 1 saturated heterocycles. The van der Waals surface area contributed by atoms with Crippen LogP contribution < -0.4 is 15.0 Å². The summed E-state index contributed by atoms with van der Waals surface area (Å²) in [5, 5.41) is 4.13. The largest absolute Gasteiger partial charge is 0.494 e. The maximum Gasteiger partial charge on any atom is 0.251 e. The summed E-state index contributed by atoms with van der Waals surface area (Å²) in [5.74, 6) is 0.747. The number of nitrogens with zero attached hydrogens (tertiary/aromatic N) is 3. The van der Waals surface area contributed by atoms with E-state index in [0.717, 1.165) is 49.1 Å². The van der Waals surface area contributed by atoms with Gasteiger partial charge in [0.2, 0.25) is 0 Å². The summed E-state index contributed by atoms with van der Waals surface area (Å²) < 4.78 is 6.67. The van der Waals surface area contributed by atoms with E-state index in [1.165, 1.54) is 10.3 Å². The van der Waals surface area contributed by atoms with E-state index in [2.05, 4.69) is 40.2 Å². The van der Waals surface area contributed by atoms with Gasteiger partial charge >= 0.3 is 0 Å². The van der Waals surface area contributed by atoms with Crippen LogP contribution in [0.4, 0.5) is 5.13 Å². The first-order chi connectivity index (χ1) is 14.6. The van der Waals surface area contributed by atoms with Gasteiger partial charge in [-0.3, -0.25) is 9.69 Å². The molecule has 4 rings (SSSR count). The van der Waals surface area contributed by atoms with Crippen molar-refractivity contribution >= 4 is 32.6 Å². The third-order valence-electron chi connectivity index (χ3n) is 5.39. The van der Waals surface area contributed by atoms with Crippen molar-refractivity contribution in [3.63, 3.8) is 0 Å². The number of piperazine rings is 1. The monoisotopic (exact) mass is 424 g/mol. The number of para-hydroxylation sites is 1. The molecule has 2 aromatic carbocycles. The van der Waals surface area contributed by atoms with Crippen molar-refractivity contribution in [1.29, 1.82) is 0 Å². The van der Waals surface area contributed by atoms with Crippen LogP contribution in [-0.4, -0.2) is 61.7 Å². The van der Waals surface area contributed by atoms with Crippen LogP contribution >= 0.6 is 11.3 Å². The van der Waals surface area contributed by atoms with Gasteiger partial charge in [-0.1, -0.05) is 23.5 Å². The van der Waals surface area contributed by atoms with Gasteiger partial charge in [-0.2, -0.15) is 0 Å². The number of benzene rings is 2. The number of thiazole rings is 1. The van der Waals surface area contributed by atoms with E-state index in [0.29, 0.717) is 18.7 Å². The molecule has 7 heteroatoms. The molecule has 1 amide bonds. The van der Waals surface area contributed by atoms with Crippen molar-refractivity contribution in [3.8, 4) is 5.75 Å². The molecule has 6 nitrogen and oxygen atoms in total. The molecule has 1 N–H and O–H groups in total. The summed E-state index contributed by atoms with van der Waals surface area (Å²) in [5.41, 5.74) is 3.02. The number of aromatic nitrogens is 1. The van der Waals surface area contributed by atoms with Crippen molar-refractivity contribution in [3.05, 3.63) is 53.6 Å². The zero-order valence-electron chi connectivity index (χ0n) is 17.6. The van der Waals surface area contributed by atoms with Gasteiger partial charge in [0.25, 0.3) is 5.91 Å². The second-order valence-electron chi connectivity index (χ2n) is 7.46. The number of rotatable bonds is 7. The highest BCUT2D eigenvalue weighted by molar-refractivity contribution is 7.22. The minimum absolute atomic E-state index is 0.0403. The molecule has 1 aliphatic rings. The molecule has 30 heavy (non-hydrogen) atoms. The maximum absolute atomic E-state index is 12.3. The number of anilines is 1.